The number of methoxy groups -OCH3 is 1. The second-order valence-corrected chi connectivity index (χ2v) is 5.87. The Morgan fingerprint density at radius 3 is 2.52 bits per heavy atom. The van der Waals surface area contributed by atoms with Gasteiger partial charge in [0.15, 0.2) is 0 Å². The molecule has 2 heteroatoms. The van der Waals surface area contributed by atoms with Crippen molar-refractivity contribution in [3.05, 3.63) is 36.0 Å². The van der Waals surface area contributed by atoms with Gasteiger partial charge in [0.25, 0.3) is 0 Å². The predicted molar refractivity (Wildman–Crippen MR) is 89.1 cm³/mol. The Bertz CT molecular complexity index is 371. The van der Waals surface area contributed by atoms with Gasteiger partial charge in [0.2, 0.25) is 0 Å². The van der Waals surface area contributed by atoms with Crippen LogP contribution in [0.15, 0.2) is 36.0 Å². The maximum atomic E-state index is 11.0. The average Bonchev–Trinajstić information content (AvgIpc) is 2.52. The van der Waals surface area contributed by atoms with E-state index in [9.17, 15) is 4.79 Å². The number of hydrogen-bond donors (Lipinski definition) is 0. The van der Waals surface area contributed by atoms with Gasteiger partial charge in [0.05, 0.1) is 7.11 Å². The quantitative estimate of drug-likeness (QED) is 0.260. The molecule has 0 radical (unpaired) electrons. The number of carbonyl (C=O) groups excluding carboxylic acids is 1. The summed E-state index contributed by atoms with van der Waals surface area (Å²) in [5, 5.41) is 0. The van der Waals surface area contributed by atoms with Gasteiger partial charge in [0.1, 0.15) is 0 Å². The molecule has 0 aromatic rings. The van der Waals surface area contributed by atoms with Crippen LogP contribution >= 0.6 is 0 Å². The van der Waals surface area contributed by atoms with Crippen LogP contribution in [0.5, 0.6) is 0 Å². The SMILES string of the molecule is CCCC/C=C(/C=C/C=C/C(=O)OC)CC1CCCCC1. The summed E-state index contributed by atoms with van der Waals surface area (Å²) < 4.78 is 4.58. The van der Waals surface area contributed by atoms with Crippen LogP contribution in [0.3, 0.4) is 0 Å². The molecule has 1 saturated carbocycles. The van der Waals surface area contributed by atoms with Crippen LogP contribution in [0.1, 0.15) is 64.7 Å². The Kier molecular flexibility index (Phi) is 9.60. The van der Waals surface area contributed by atoms with Crippen molar-refractivity contribution in [1.29, 1.82) is 0 Å². The molecule has 0 amide bonds. The highest BCUT2D eigenvalue weighted by Crippen LogP contribution is 2.29. The topological polar surface area (TPSA) is 26.3 Å². The molecule has 2 nitrogen and oxygen atoms in total. The molecule has 0 saturated heterocycles. The largest absolute Gasteiger partial charge is 0.466 e. The molecule has 1 aliphatic carbocycles. The van der Waals surface area contributed by atoms with Gasteiger partial charge < -0.3 is 4.74 Å². The third-order valence-corrected chi connectivity index (χ3v) is 4.07. The van der Waals surface area contributed by atoms with E-state index in [1.165, 1.54) is 70.1 Å². The second kappa shape index (κ2) is 11.4. The monoisotopic (exact) mass is 290 g/mol. The van der Waals surface area contributed by atoms with Gasteiger partial charge in [-0.05, 0) is 18.8 Å². The molecule has 1 rings (SSSR count). The first kappa shape index (κ1) is 17.7. The number of carbonyl (C=O) groups is 1. The number of unbranched alkanes of at least 4 members (excludes halogenated alkanes) is 2. The molecular formula is C19H30O2. The maximum Gasteiger partial charge on any atom is 0.330 e. The van der Waals surface area contributed by atoms with E-state index in [1.807, 2.05) is 6.08 Å². The highest BCUT2D eigenvalue weighted by Gasteiger charge is 2.13. The number of ether oxygens (including phenoxy) is 1. The lowest BCUT2D eigenvalue weighted by Gasteiger charge is -2.22. The lowest BCUT2D eigenvalue weighted by atomic mass is 9.84. The predicted octanol–water partition coefficient (Wildman–Crippen LogP) is 5.36. The molecular weight excluding hydrogens is 260 g/mol. The summed E-state index contributed by atoms with van der Waals surface area (Å²) in [4.78, 5) is 11.0. The van der Waals surface area contributed by atoms with Crippen LogP contribution < -0.4 is 0 Å². The summed E-state index contributed by atoms with van der Waals surface area (Å²) in [7, 11) is 1.40. The molecule has 0 unspecified atom stereocenters. The van der Waals surface area contributed by atoms with E-state index in [1.54, 1.807) is 6.08 Å². The van der Waals surface area contributed by atoms with Gasteiger partial charge in [-0.25, -0.2) is 4.79 Å². The molecule has 0 N–H and O–H groups in total. The lowest BCUT2D eigenvalue weighted by Crippen LogP contribution is -2.06. The molecule has 0 bridgehead atoms. The zero-order valence-electron chi connectivity index (χ0n) is 13.6. The van der Waals surface area contributed by atoms with Crippen molar-refractivity contribution in [1.82, 2.24) is 0 Å². The number of hydrogen-bond acceptors (Lipinski definition) is 2. The fourth-order valence-corrected chi connectivity index (χ4v) is 2.82. The van der Waals surface area contributed by atoms with Crippen molar-refractivity contribution in [3.8, 4) is 0 Å². The zero-order chi connectivity index (χ0) is 15.3. The van der Waals surface area contributed by atoms with E-state index < -0.39 is 0 Å². The van der Waals surface area contributed by atoms with Crippen molar-refractivity contribution >= 4 is 5.97 Å². The average molecular weight is 290 g/mol. The first-order chi connectivity index (χ1) is 10.3. The molecule has 1 fully saturated rings. The Labute approximate surface area is 130 Å². The summed E-state index contributed by atoms with van der Waals surface area (Å²) in [6, 6.07) is 0. The first-order valence-corrected chi connectivity index (χ1v) is 8.38. The molecule has 0 aliphatic heterocycles. The minimum Gasteiger partial charge on any atom is -0.466 e. The van der Waals surface area contributed by atoms with Crippen LogP contribution in [-0.2, 0) is 9.53 Å². The fourth-order valence-electron chi connectivity index (χ4n) is 2.82. The first-order valence-electron chi connectivity index (χ1n) is 8.38. The summed E-state index contributed by atoms with van der Waals surface area (Å²) >= 11 is 0. The molecule has 0 atom stereocenters. The van der Waals surface area contributed by atoms with Crippen molar-refractivity contribution in [3.63, 3.8) is 0 Å². The second-order valence-electron chi connectivity index (χ2n) is 5.87. The Morgan fingerprint density at radius 2 is 1.86 bits per heavy atom. The molecule has 0 heterocycles. The van der Waals surface area contributed by atoms with Crippen LogP contribution in [-0.4, -0.2) is 13.1 Å². The summed E-state index contributed by atoms with van der Waals surface area (Å²) in [6.45, 7) is 2.23. The minimum atomic E-state index is -0.302. The number of allylic oxidation sites excluding steroid dienone is 5. The van der Waals surface area contributed by atoms with Gasteiger partial charge in [-0.15, -0.1) is 0 Å². The van der Waals surface area contributed by atoms with E-state index in [0.717, 1.165) is 12.3 Å². The van der Waals surface area contributed by atoms with E-state index in [-0.39, 0.29) is 5.97 Å². The van der Waals surface area contributed by atoms with E-state index in [4.69, 9.17) is 0 Å². The van der Waals surface area contributed by atoms with E-state index in [0.29, 0.717) is 0 Å². The molecule has 118 valence electrons. The van der Waals surface area contributed by atoms with Crippen LogP contribution in [0.25, 0.3) is 0 Å². The van der Waals surface area contributed by atoms with Gasteiger partial charge in [-0.2, -0.15) is 0 Å². The van der Waals surface area contributed by atoms with Gasteiger partial charge in [-0.3, -0.25) is 0 Å². The molecule has 0 aromatic carbocycles. The standard InChI is InChI=1S/C19H30O2/c1-3-4-6-11-17(14-9-10-15-19(20)21-2)16-18-12-7-5-8-13-18/h9-11,14-15,18H,3-8,12-13,16H2,1-2H3/b14-9+,15-10+,17-11-. The summed E-state index contributed by atoms with van der Waals surface area (Å²) in [5.41, 5.74) is 1.42. The van der Waals surface area contributed by atoms with E-state index >= 15 is 0 Å². The zero-order valence-corrected chi connectivity index (χ0v) is 13.6. The van der Waals surface area contributed by atoms with Crippen molar-refractivity contribution in [2.75, 3.05) is 7.11 Å². The molecule has 1 aliphatic rings. The minimum absolute atomic E-state index is 0.302. The van der Waals surface area contributed by atoms with Crippen molar-refractivity contribution < 1.29 is 9.53 Å². The fraction of sp³-hybridized carbons (Fsp3) is 0.632. The van der Waals surface area contributed by atoms with Crippen LogP contribution in [0, 0.1) is 5.92 Å². The Hall–Kier alpha value is -1.31. The Morgan fingerprint density at radius 1 is 1.14 bits per heavy atom. The third kappa shape index (κ3) is 8.54. The maximum absolute atomic E-state index is 11.0. The summed E-state index contributed by atoms with van der Waals surface area (Å²) in [6.07, 6.45) is 21.5. The third-order valence-electron chi connectivity index (χ3n) is 4.07. The van der Waals surface area contributed by atoms with Crippen molar-refractivity contribution in [2.24, 2.45) is 5.92 Å². The van der Waals surface area contributed by atoms with Crippen LogP contribution in [0.4, 0.5) is 0 Å². The highest BCUT2D eigenvalue weighted by atomic mass is 16.5. The lowest BCUT2D eigenvalue weighted by molar-refractivity contribution is -0.134. The molecule has 0 aromatic heterocycles. The highest BCUT2D eigenvalue weighted by molar-refractivity contribution is 5.82. The molecule has 0 spiro atoms. The number of esters is 1. The smallest absolute Gasteiger partial charge is 0.330 e. The molecule has 21 heavy (non-hydrogen) atoms. The van der Waals surface area contributed by atoms with Crippen molar-refractivity contribution in [2.45, 2.75) is 64.7 Å². The normalized spacial score (nSPS) is 17.7. The van der Waals surface area contributed by atoms with Crippen LogP contribution in [0.2, 0.25) is 0 Å². The van der Waals surface area contributed by atoms with Gasteiger partial charge in [-0.1, -0.05) is 81.7 Å². The van der Waals surface area contributed by atoms with Gasteiger partial charge in [0, 0.05) is 6.08 Å². The summed E-state index contributed by atoms with van der Waals surface area (Å²) in [5.74, 6) is 0.546. The Balaban J connectivity index is 2.54. The van der Waals surface area contributed by atoms with E-state index in [2.05, 4.69) is 23.8 Å². The van der Waals surface area contributed by atoms with Gasteiger partial charge >= 0.3 is 5.97 Å². The number of rotatable bonds is 8.